The topological polar surface area (TPSA) is 71.3 Å². The number of carbonyl (C=O) groups is 1. The van der Waals surface area contributed by atoms with E-state index in [1.807, 2.05) is 35.7 Å². The smallest absolute Gasteiger partial charge is 0.220 e. The van der Waals surface area contributed by atoms with Crippen LogP contribution >= 0.6 is 0 Å². The van der Waals surface area contributed by atoms with Crippen molar-refractivity contribution in [2.75, 3.05) is 19.6 Å². The Kier molecular flexibility index (Phi) is 5.83. The normalized spacial score (nSPS) is 11.3. The molecule has 0 aliphatic heterocycles. The Morgan fingerprint density at radius 2 is 1.96 bits per heavy atom. The molecule has 0 bridgehead atoms. The maximum atomic E-state index is 12.1. The molecule has 0 aliphatic carbocycles. The maximum Gasteiger partial charge on any atom is 0.220 e. The molecule has 0 fully saturated rings. The lowest BCUT2D eigenvalue weighted by molar-refractivity contribution is -0.121. The number of aromatic nitrogens is 3. The lowest BCUT2D eigenvalue weighted by Gasteiger charge is -2.11. The van der Waals surface area contributed by atoms with Crippen LogP contribution in [0.25, 0.3) is 16.6 Å². The minimum absolute atomic E-state index is 0.0767. The van der Waals surface area contributed by atoms with Crippen molar-refractivity contribution in [3.8, 4) is 0 Å². The number of aryl methyl sites for hydroxylation is 2. The zero-order valence-electron chi connectivity index (χ0n) is 15.8. The van der Waals surface area contributed by atoms with Crippen molar-refractivity contribution in [1.29, 1.82) is 0 Å². The molecule has 3 rings (SSSR count). The molecule has 0 aliphatic rings. The molecule has 2 heterocycles. The lowest BCUT2D eigenvalue weighted by Crippen LogP contribution is -2.32. The molecule has 6 nitrogen and oxygen atoms in total. The van der Waals surface area contributed by atoms with Gasteiger partial charge in [0.1, 0.15) is 0 Å². The zero-order valence-corrected chi connectivity index (χ0v) is 15.8. The molecular formula is C20H27N5O. The Bertz CT molecular complexity index is 915. The summed E-state index contributed by atoms with van der Waals surface area (Å²) in [7, 11) is 0. The van der Waals surface area contributed by atoms with Crippen LogP contribution in [0.4, 0.5) is 0 Å². The number of hydrogen-bond acceptors (Lipinski definition) is 4. The van der Waals surface area contributed by atoms with Gasteiger partial charge in [-0.05, 0) is 50.9 Å². The number of carbonyl (C=O) groups excluding carboxylic acids is 1. The highest BCUT2D eigenvalue weighted by atomic mass is 16.1. The van der Waals surface area contributed by atoms with Crippen molar-refractivity contribution < 1.29 is 4.79 Å². The molecular weight excluding hydrogens is 326 g/mol. The van der Waals surface area contributed by atoms with E-state index < -0.39 is 0 Å². The Balaban J connectivity index is 1.70. The van der Waals surface area contributed by atoms with E-state index >= 15 is 0 Å². The van der Waals surface area contributed by atoms with E-state index in [0.29, 0.717) is 19.4 Å². The van der Waals surface area contributed by atoms with E-state index in [4.69, 9.17) is 4.98 Å². The molecule has 26 heavy (non-hydrogen) atoms. The number of rotatable bonds is 8. The molecule has 3 aromatic rings. The fraction of sp³-hybridized carbons (Fsp3) is 0.450. The Morgan fingerprint density at radius 3 is 2.77 bits per heavy atom. The zero-order chi connectivity index (χ0) is 18.5. The average Bonchev–Trinajstić information content (AvgIpc) is 3.00. The molecule has 0 radical (unpaired) electrons. The fourth-order valence-corrected chi connectivity index (χ4v) is 3.26. The summed E-state index contributed by atoms with van der Waals surface area (Å²) in [6.45, 7) is 8.65. The Hall–Kier alpha value is -2.47. The summed E-state index contributed by atoms with van der Waals surface area (Å²) < 4.78 is 1.90. The lowest BCUT2D eigenvalue weighted by atomic mass is 10.1. The van der Waals surface area contributed by atoms with Gasteiger partial charge in [-0.3, -0.25) is 4.79 Å². The number of nitrogens with zero attached hydrogens (tertiary/aromatic N) is 3. The summed E-state index contributed by atoms with van der Waals surface area (Å²) in [6, 6.07) is 8.03. The third-order valence-corrected chi connectivity index (χ3v) is 4.67. The minimum Gasteiger partial charge on any atom is -0.355 e. The number of hydrogen-bond donors (Lipinski definition) is 2. The number of nitrogens with one attached hydrogen (secondary N) is 2. The summed E-state index contributed by atoms with van der Waals surface area (Å²) in [6.07, 6.45) is 2.24. The van der Waals surface area contributed by atoms with Crippen molar-refractivity contribution in [2.24, 2.45) is 0 Å². The van der Waals surface area contributed by atoms with Gasteiger partial charge in [-0.25, -0.2) is 9.50 Å². The van der Waals surface area contributed by atoms with Gasteiger partial charge in [0.25, 0.3) is 0 Å². The first-order valence-electron chi connectivity index (χ1n) is 9.32. The van der Waals surface area contributed by atoms with Crippen LogP contribution in [0.5, 0.6) is 0 Å². The van der Waals surface area contributed by atoms with E-state index in [1.165, 1.54) is 0 Å². The maximum absolute atomic E-state index is 12.1. The molecule has 1 aromatic carbocycles. The second kappa shape index (κ2) is 8.27. The van der Waals surface area contributed by atoms with Crippen molar-refractivity contribution in [3.63, 3.8) is 0 Å². The molecule has 2 aromatic heterocycles. The van der Waals surface area contributed by atoms with E-state index in [9.17, 15) is 4.79 Å². The number of amides is 1. The van der Waals surface area contributed by atoms with E-state index in [2.05, 4.69) is 29.6 Å². The van der Waals surface area contributed by atoms with Crippen molar-refractivity contribution >= 4 is 22.5 Å². The number of fused-ring (bicyclic) bond motifs is 3. The van der Waals surface area contributed by atoms with Crippen LogP contribution in [0.2, 0.25) is 0 Å². The van der Waals surface area contributed by atoms with Crippen LogP contribution in [0.1, 0.15) is 36.7 Å². The Morgan fingerprint density at radius 1 is 1.15 bits per heavy atom. The second-order valence-electron chi connectivity index (χ2n) is 6.61. The first-order valence-corrected chi connectivity index (χ1v) is 9.32. The van der Waals surface area contributed by atoms with Gasteiger partial charge in [-0.15, -0.1) is 0 Å². The summed E-state index contributed by atoms with van der Waals surface area (Å²) in [5.41, 5.74) is 4.95. The van der Waals surface area contributed by atoms with Gasteiger partial charge in [-0.1, -0.05) is 19.1 Å². The molecule has 1 amide bonds. The van der Waals surface area contributed by atoms with Gasteiger partial charge in [0, 0.05) is 36.3 Å². The molecule has 0 saturated carbocycles. The van der Waals surface area contributed by atoms with Crippen LogP contribution in [0, 0.1) is 13.8 Å². The highest BCUT2D eigenvalue weighted by molar-refractivity contribution is 5.92. The van der Waals surface area contributed by atoms with Crippen molar-refractivity contribution in [1.82, 2.24) is 25.2 Å². The quantitative estimate of drug-likeness (QED) is 0.611. The standard InChI is InChI=1S/C20H27N5O/c1-4-11-21-12-13-22-19(26)10-9-16-14(2)23-20-17-7-5-6-8-18(17)24-25(20)15(16)3/h5-8,21H,4,9-13H2,1-3H3,(H,22,26). The highest BCUT2D eigenvalue weighted by Crippen LogP contribution is 2.22. The van der Waals surface area contributed by atoms with Gasteiger partial charge >= 0.3 is 0 Å². The van der Waals surface area contributed by atoms with Crippen molar-refractivity contribution in [3.05, 3.63) is 41.2 Å². The summed E-state index contributed by atoms with van der Waals surface area (Å²) in [5.74, 6) is 0.0767. The molecule has 2 N–H and O–H groups in total. The van der Waals surface area contributed by atoms with Crippen LogP contribution in [-0.2, 0) is 11.2 Å². The van der Waals surface area contributed by atoms with E-state index in [1.54, 1.807) is 0 Å². The van der Waals surface area contributed by atoms with Gasteiger partial charge in [-0.2, -0.15) is 5.10 Å². The largest absolute Gasteiger partial charge is 0.355 e. The van der Waals surface area contributed by atoms with Crippen LogP contribution < -0.4 is 10.6 Å². The predicted molar refractivity (Wildman–Crippen MR) is 104 cm³/mol. The summed E-state index contributed by atoms with van der Waals surface area (Å²) >= 11 is 0. The van der Waals surface area contributed by atoms with Crippen LogP contribution in [0.3, 0.4) is 0 Å². The molecule has 6 heteroatoms. The monoisotopic (exact) mass is 353 g/mol. The fourth-order valence-electron chi connectivity index (χ4n) is 3.26. The van der Waals surface area contributed by atoms with Gasteiger partial charge in [0.15, 0.2) is 5.65 Å². The third-order valence-electron chi connectivity index (χ3n) is 4.67. The summed E-state index contributed by atoms with van der Waals surface area (Å²) in [5, 5.41) is 12.0. The molecule has 0 unspecified atom stereocenters. The SMILES string of the molecule is CCCNCCNC(=O)CCc1c(C)nc2c3ccccc3nn2c1C. The van der Waals surface area contributed by atoms with Crippen molar-refractivity contribution in [2.45, 2.75) is 40.0 Å². The summed E-state index contributed by atoms with van der Waals surface area (Å²) in [4.78, 5) is 16.9. The third kappa shape index (κ3) is 3.85. The molecule has 0 spiro atoms. The molecule has 0 saturated heterocycles. The van der Waals surface area contributed by atoms with Gasteiger partial charge < -0.3 is 10.6 Å². The first kappa shape index (κ1) is 18.3. The van der Waals surface area contributed by atoms with Crippen LogP contribution in [0.15, 0.2) is 24.3 Å². The molecule has 0 atom stereocenters. The average molecular weight is 353 g/mol. The molecule has 138 valence electrons. The van der Waals surface area contributed by atoms with E-state index in [-0.39, 0.29) is 5.91 Å². The van der Waals surface area contributed by atoms with Gasteiger partial charge in [0.05, 0.1) is 5.52 Å². The Labute approximate surface area is 154 Å². The minimum atomic E-state index is 0.0767. The highest BCUT2D eigenvalue weighted by Gasteiger charge is 2.14. The first-order chi connectivity index (χ1) is 12.6. The second-order valence-corrected chi connectivity index (χ2v) is 6.61. The predicted octanol–water partition coefficient (Wildman–Crippen LogP) is 2.55. The van der Waals surface area contributed by atoms with E-state index in [0.717, 1.165) is 53.0 Å². The van der Waals surface area contributed by atoms with Crippen LogP contribution in [-0.4, -0.2) is 40.1 Å². The van der Waals surface area contributed by atoms with Gasteiger partial charge in [0.2, 0.25) is 5.91 Å². The number of benzene rings is 1.